The average Bonchev–Trinajstić information content (AvgIpc) is 2.42. The summed E-state index contributed by atoms with van der Waals surface area (Å²) in [5, 5.41) is 13.6. The summed E-state index contributed by atoms with van der Waals surface area (Å²) < 4.78 is 0. The van der Waals surface area contributed by atoms with Gasteiger partial charge >= 0.3 is 0 Å². The van der Waals surface area contributed by atoms with E-state index in [0.717, 1.165) is 6.54 Å². The minimum atomic E-state index is 0.171. The highest BCUT2D eigenvalue weighted by Gasteiger charge is 2.34. The van der Waals surface area contributed by atoms with Crippen molar-refractivity contribution in [3.63, 3.8) is 0 Å². The Morgan fingerprint density at radius 3 is 2.53 bits per heavy atom. The minimum Gasteiger partial charge on any atom is -0.396 e. The molecule has 1 heterocycles. The van der Waals surface area contributed by atoms with Crippen LogP contribution in [0, 0.1) is 11.3 Å². The first-order chi connectivity index (χ1) is 9.06. The highest BCUT2D eigenvalue weighted by Crippen LogP contribution is 2.35. The topological polar surface area (TPSA) is 35.5 Å². The molecule has 1 saturated carbocycles. The van der Waals surface area contributed by atoms with Crippen molar-refractivity contribution in [2.24, 2.45) is 11.3 Å². The van der Waals surface area contributed by atoms with Gasteiger partial charge in [-0.25, -0.2) is 0 Å². The second kappa shape index (κ2) is 6.55. The summed E-state index contributed by atoms with van der Waals surface area (Å²) in [7, 11) is 2.23. The zero-order chi connectivity index (χ0) is 13.9. The van der Waals surface area contributed by atoms with Gasteiger partial charge in [-0.15, -0.1) is 0 Å². The van der Waals surface area contributed by atoms with Crippen molar-refractivity contribution in [3.8, 4) is 0 Å². The molecule has 0 bridgehead atoms. The van der Waals surface area contributed by atoms with Gasteiger partial charge in [0.15, 0.2) is 0 Å². The normalized spacial score (nSPS) is 36.3. The molecule has 0 radical (unpaired) electrons. The van der Waals surface area contributed by atoms with E-state index >= 15 is 0 Å². The van der Waals surface area contributed by atoms with E-state index in [0.29, 0.717) is 24.6 Å². The molecule has 0 aromatic rings. The zero-order valence-corrected chi connectivity index (χ0v) is 13.0. The molecule has 1 aliphatic heterocycles. The van der Waals surface area contributed by atoms with Crippen LogP contribution in [0.3, 0.4) is 0 Å². The number of hydrogen-bond acceptors (Lipinski definition) is 3. The third-order valence-electron chi connectivity index (χ3n) is 5.60. The Balaban J connectivity index is 1.86. The number of piperidine rings is 1. The SMILES string of the molecule is CC1CN(C)C(C)CC1NCC1(CO)CCCCC1. The molecule has 1 aliphatic carbocycles. The van der Waals surface area contributed by atoms with Gasteiger partial charge in [-0.2, -0.15) is 0 Å². The predicted octanol–water partition coefficient (Wildman–Crippen LogP) is 2.25. The lowest BCUT2D eigenvalue weighted by molar-refractivity contribution is 0.0627. The molecule has 19 heavy (non-hydrogen) atoms. The number of aliphatic hydroxyl groups is 1. The Morgan fingerprint density at radius 1 is 1.21 bits per heavy atom. The van der Waals surface area contributed by atoms with Gasteiger partial charge in [-0.3, -0.25) is 0 Å². The number of hydrogen-bond donors (Lipinski definition) is 2. The molecule has 0 spiro atoms. The maximum Gasteiger partial charge on any atom is 0.0499 e. The van der Waals surface area contributed by atoms with Crippen LogP contribution >= 0.6 is 0 Å². The Labute approximate surface area is 118 Å². The van der Waals surface area contributed by atoms with Gasteiger partial charge in [0.05, 0.1) is 0 Å². The van der Waals surface area contributed by atoms with Crippen molar-refractivity contribution in [1.82, 2.24) is 10.2 Å². The van der Waals surface area contributed by atoms with Gasteiger partial charge in [0.25, 0.3) is 0 Å². The van der Waals surface area contributed by atoms with Gasteiger partial charge in [0, 0.05) is 37.2 Å². The van der Waals surface area contributed by atoms with Crippen molar-refractivity contribution >= 4 is 0 Å². The highest BCUT2D eigenvalue weighted by molar-refractivity contribution is 4.90. The highest BCUT2D eigenvalue weighted by atomic mass is 16.3. The standard InChI is InChI=1S/C16H32N2O/c1-13-10-18(3)14(2)9-15(13)17-11-16(12-19)7-5-4-6-8-16/h13-15,17,19H,4-12H2,1-3H3. The molecule has 3 nitrogen and oxygen atoms in total. The van der Waals surface area contributed by atoms with E-state index in [2.05, 4.69) is 31.1 Å². The summed E-state index contributed by atoms with van der Waals surface area (Å²) in [6, 6.07) is 1.29. The van der Waals surface area contributed by atoms with E-state index in [9.17, 15) is 5.11 Å². The first kappa shape index (κ1) is 15.3. The van der Waals surface area contributed by atoms with E-state index < -0.39 is 0 Å². The summed E-state index contributed by atoms with van der Waals surface area (Å²) in [4.78, 5) is 2.46. The predicted molar refractivity (Wildman–Crippen MR) is 80.3 cm³/mol. The fourth-order valence-electron chi connectivity index (χ4n) is 3.87. The lowest BCUT2D eigenvalue weighted by atomic mass is 9.74. The molecule has 2 N–H and O–H groups in total. The van der Waals surface area contributed by atoms with Crippen LogP contribution in [0.2, 0.25) is 0 Å². The largest absolute Gasteiger partial charge is 0.396 e. The van der Waals surface area contributed by atoms with Gasteiger partial charge in [-0.05, 0) is 39.2 Å². The molecular weight excluding hydrogens is 236 g/mol. The fraction of sp³-hybridized carbons (Fsp3) is 1.00. The lowest BCUT2D eigenvalue weighted by Crippen LogP contribution is -2.53. The summed E-state index contributed by atoms with van der Waals surface area (Å²) >= 11 is 0. The second-order valence-electron chi connectivity index (χ2n) is 7.21. The molecule has 2 rings (SSSR count). The van der Waals surface area contributed by atoms with E-state index in [4.69, 9.17) is 0 Å². The summed E-state index contributed by atoms with van der Waals surface area (Å²) in [6.45, 7) is 7.23. The number of nitrogens with one attached hydrogen (secondary N) is 1. The average molecular weight is 268 g/mol. The van der Waals surface area contributed by atoms with Crippen LogP contribution in [0.15, 0.2) is 0 Å². The second-order valence-corrected chi connectivity index (χ2v) is 7.21. The van der Waals surface area contributed by atoms with Gasteiger partial charge < -0.3 is 15.3 Å². The van der Waals surface area contributed by atoms with Crippen molar-refractivity contribution in [3.05, 3.63) is 0 Å². The molecule has 3 heteroatoms. The van der Waals surface area contributed by atoms with Gasteiger partial charge in [0.2, 0.25) is 0 Å². The maximum absolute atomic E-state index is 9.78. The van der Waals surface area contributed by atoms with E-state index in [-0.39, 0.29) is 5.41 Å². The van der Waals surface area contributed by atoms with Gasteiger partial charge in [-0.1, -0.05) is 26.2 Å². The Kier molecular flexibility index (Phi) is 5.27. The number of rotatable bonds is 4. The van der Waals surface area contributed by atoms with Gasteiger partial charge in [0.1, 0.15) is 0 Å². The van der Waals surface area contributed by atoms with Crippen molar-refractivity contribution in [2.75, 3.05) is 26.7 Å². The molecule has 2 aliphatic rings. The smallest absolute Gasteiger partial charge is 0.0499 e. The Morgan fingerprint density at radius 2 is 1.89 bits per heavy atom. The van der Waals surface area contributed by atoms with Crippen LogP contribution < -0.4 is 5.32 Å². The number of aliphatic hydroxyl groups excluding tert-OH is 1. The zero-order valence-electron chi connectivity index (χ0n) is 13.0. The third-order valence-corrected chi connectivity index (χ3v) is 5.60. The first-order valence-corrected chi connectivity index (χ1v) is 8.11. The minimum absolute atomic E-state index is 0.171. The molecule has 112 valence electrons. The fourth-order valence-corrected chi connectivity index (χ4v) is 3.87. The molecule has 0 amide bonds. The van der Waals surface area contributed by atoms with Crippen LogP contribution in [0.4, 0.5) is 0 Å². The third kappa shape index (κ3) is 3.71. The maximum atomic E-state index is 9.78. The molecule has 1 saturated heterocycles. The molecule has 0 aromatic heterocycles. The lowest BCUT2D eigenvalue weighted by Gasteiger charge is -2.43. The van der Waals surface area contributed by atoms with Crippen LogP contribution in [0.5, 0.6) is 0 Å². The van der Waals surface area contributed by atoms with Crippen LogP contribution in [0.25, 0.3) is 0 Å². The van der Waals surface area contributed by atoms with Crippen molar-refractivity contribution < 1.29 is 5.11 Å². The number of likely N-dealkylation sites (tertiary alicyclic amines) is 1. The van der Waals surface area contributed by atoms with Crippen LogP contribution in [-0.4, -0.2) is 48.8 Å². The van der Waals surface area contributed by atoms with E-state index in [1.807, 2.05) is 0 Å². The van der Waals surface area contributed by atoms with E-state index in [1.165, 1.54) is 45.1 Å². The van der Waals surface area contributed by atoms with Crippen molar-refractivity contribution in [1.29, 1.82) is 0 Å². The molecule has 3 atom stereocenters. The Bertz CT molecular complexity index is 276. The molecule has 3 unspecified atom stereocenters. The van der Waals surface area contributed by atoms with E-state index in [1.54, 1.807) is 0 Å². The summed E-state index contributed by atoms with van der Waals surface area (Å²) in [5.74, 6) is 0.709. The quantitative estimate of drug-likeness (QED) is 0.821. The monoisotopic (exact) mass is 268 g/mol. The summed E-state index contributed by atoms with van der Waals surface area (Å²) in [6.07, 6.45) is 7.58. The molecule has 0 aromatic carbocycles. The van der Waals surface area contributed by atoms with Crippen LogP contribution in [-0.2, 0) is 0 Å². The number of nitrogens with zero attached hydrogens (tertiary/aromatic N) is 1. The molecule has 2 fully saturated rings. The van der Waals surface area contributed by atoms with Crippen molar-refractivity contribution in [2.45, 2.75) is 64.5 Å². The summed E-state index contributed by atoms with van der Waals surface area (Å²) in [5.41, 5.74) is 0.171. The van der Waals surface area contributed by atoms with Crippen LogP contribution in [0.1, 0.15) is 52.4 Å². The first-order valence-electron chi connectivity index (χ1n) is 8.11. The molecular formula is C16H32N2O. The Hall–Kier alpha value is -0.120.